The number of carbonyl (C=O) groups is 1. The van der Waals surface area contributed by atoms with Crippen LogP contribution in [0.3, 0.4) is 0 Å². The molecule has 2 aliphatic heterocycles. The van der Waals surface area contributed by atoms with Gasteiger partial charge in [-0.15, -0.1) is 0 Å². The van der Waals surface area contributed by atoms with Crippen LogP contribution in [0.15, 0.2) is 34.2 Å². The van der Waals surface area contributed by atoms with Gasteiger partial charge in [0.05, 0.1) is 11.0 Å². The Kier molecular flexibility index (Phi) is 2.14. The summed E-state index contributed by atoms with van der Waals surface area (Å²) >= 11 is 0. The van der Waals surface area contributed by atoms with Crippen LogP contribution < -0.4 is 0 Å². The molecule has 1 aromatic carbocycles. The highest BCUT2D eigenvalue weighted by Gasteiger charge is 2.50. The summed E-state index contributed by atoms with van der Waals surface area (Å²) < 4.78 is 25.1. The number of benzene rings is 1. The van der Waals surface area contributed by atoms with Gasteiger partial charge in [0.25, 0.3) is 15.9 Å². The zero-order chi connectivity index (χ0) is 13.1. The van der Waals surface area contributed by atoms with Gasteiger partial charge in [0, 0.05) is 5.56 Å². The number of fused-ring (bicyclic) bond motifs is 3. The van der Waals surface area contributed by atoms with Crippen molar-refractivity contribution in [1.82, 2.24) is 4.31 Å². The van der Waals surface area contributed by atoms with E-state index in [-0.39, 0.29) is 10.7 Å². The molecule has 0 aromatic heterocycles. The summed E-state index contributed by atoms with van der Waals surface area (Å²) in [6, 6.07) is 5.28. The minimum Gasteiger partial charge on any atom is -0.391 e. The summed E-state index contributed by atoms with van der Waals surface area (Å²) in [6.45, 7) is 1.41. The first-order valence-corrected chi connectivity index (χ1v) is 6.83. The van der Waals surface area contributed by atoms with Gasteiger partial charge in [-0.05, 0) is 19.1 Å². The Bertz CT molecular complexity index is 678. The molecule has 3 rings (SSSR count). The lowest BCUT2D eigenvalue weighted by Crippen LogP contribution is -2.39. The molecule has 0 saturated carbocycles. The van der Waals surface area contributed by atoms with E-state index in [0.29, 0.717) is 9.87 Å². The molecule has 0 aliphatic carbocycles. The predicted octanol–water partition coefficient (Wildman–Crippen LogP) is -0.273. The van der Waals surface area contributed by atoms with Crippen molar-refractivity contribution in [3.05, 3.63) is 29.8 Å². The largest absolute Gasteiger partial charge is 0.391 e. The maximum absolute atomic E-state index is 12.2. The number of hydrogen-bond acceptors (Lipinski definition) is 5. The number of amidine groups is 1. The summed E-state index contributed by atoms with van der Waals surface area (Å²) in [5, 5.41) is 9.45. The second-order valence-corrected chi connectivity index (χ2v) is 6.00. The van der Waals surface area contributed by atoms with E-state index in [2.05, 4.69) is 4.99 Å². The average molecular weight is 266 g/mol. The number of nitrogens with zero attached hydrogens (tertiary/aromatic N) is 2. The first-order valence-electron chi connectivity index (χ1n) is 5.39. The zero-order valence-electron chi connectivity index (χ0n) is 9.44. The number of carbonyl (C=O) groups excluding carboxylic acids is 1. The lowest BCUT2D eigenvalue weighted by atomic mass is 10.2. The highest BCUT2D eigenvalue weighted by Crippen LogP contribution is 2.35. The van der Waals surface area contributed by atoms with Crippen molar-refractivity contribution in [2.24, 2.45) is 4.99 Å². The van der Waals surface area contributed by atoms with E-state index in [0.717, 1.165) is 0 Å². The van der Waals surface area contributed by atoms with E-state index in [4.69, 9.17) is 0 Å². The maximum atomic E-state index is 12.2. The molecule has 1 N–H and O–H groups in total. The van der Waals surface area contributed by atoms with E-state index < -0.39 is 28.1 Å². The van der Waals surface area contributed by atoms with Crippen molar-refractivity contribution in [2.45, 2.75) is 24.0 Å². The zero-order valence-corrected chi connectivity index (χ0v) is 10.3. The van der Waals surface area contributed by atoms with Crippen LogP contribution in [0.25, 0.3) is 0 Å². The Morgan fingerprint density at radius 3 is 2.72 bits per heavy atom. The van der Waals surface area contributed by atoms with Crippen LogP contribution in [0.2, 0.25) is 0 Å². The number of aliphatic hydroxyl groups excluding tert-OH is 1. The minimum absolute atomic E-state index is 0.0844. The monoisotopic (exact) mass is 266 g/mol. The summed E-state index contributed by atoms with van der Waals surface area (Å²) in [4.78, 5) is 16.1. The van der Waals surface area contributed by atoms with Gasteiger partial charge < -0.3 is 5.11 Å². The maximum Gasteiger partial charge on any atom is 0.272 e. The molecule has 7 heteroatoms. The molecule has 0 radical (unpaired) electrons. The van der Waals surface area contributed by atoms with Crippen LogP contribution in [0.5, 0.6) is 0 Å². The van der Waals surface area contributed by atoms with Crippen molar-refractivity contribution in [2.75, 3.05) is 0 Å². The molecule has 0 spiro atoms. The van der Waals surface area contributed by atoms with Crippen molar-refractivity contribution < 1.29 is 18.3 Å². The molecule has 2 atom stereocenters. The molecule has 2 aliphatic rings. The molecule has 0 fully saturated rings. The van der Waals surface area contributed by atoms with E-state index >= 15 is 0 Å². The van der Waals surface area contributed by atoms with Gasteiger partial charge in [-0.1, -0.05) is 12.1 Å². The van der Waals surface area contributed by atoms with Gasteiger partial charge in [0.1, 0.15) is 0 Å². The van der Waals surface area contributed by atoms with Crippen LogP contribution in [0.1, 0.15) is 12.5 Å². The third-order valence-corrected chi connectivity index (χ3v) is 4.76. The molecule has 1 amide bonds. The molecular weight excluding hydrogens is 256 g/mol. The van der Waals surface area contributed by atoms with Gasteiger partial charge in [-0.25, -0.2) is 8.42 Å². The van der Waals surface area contributed by atoms with Crippen LogP contribution in [0.4, 0.5) is 0 Å². The van der Waals surface area contributed by atoms with E-state index in [1.807, 2.05) is 0 Å². The molecule has 6 nitrogen and oxygen atoms in total. The van der Waals surface area contributed by atoms with Crippen LogP contribution in [-0.2, 0) is 14.8 Å². The third-order valence-electron chi connectivity index (χ3n) is 3.01. The first kappa shape index (κ1) is 11.4. The average Bonchev–Trinajstić information content (AvgIpc) is 2.77. The van der Waals surface area contributed by atoms with Crippen molar-refractivity contribution in [3.63, 3.8) is 0 Å². The van der Waals surface area contributed by atoms with E-state index in [9.17, 15) is 18.3 Å². The van der Waals surface area contributed by atoms with Crippen molar-refractivity contribution >= 4 is 21.8 Å². The van der Waals surface area contributed by atoms with Gasteiger partial charge in [-0.3, -0.25) is 9.79 Å². The fraction of sp³-hybridized carbons (Fsp3) is 0.273. The standard InChI is InChI=1S/C11H10N2O4S/c1-6(14)9-11(15)13-10(12-9)7-4-2-3-5-8(7)18(13,16)17/h2-6,9,14H,1H3/t6-,9-/m0/s1. The molecule has 0 bridgehead atoms. The molecular formula is C11H10N2O4S. The quantitative estimate of drug-likeness (QED) is 0.757. The van der Waals surface area contributed by atoms with Gasteiger partial charge in [0.15, 0.2) is 11.9 Å². The molecule has 2 heterocycles. The summed E-state index contributed by atoms with van der Waals surface area (Å²) in [6.07, 6.45) is -1.02. The number of rotatable bonds is 1. The Morgan fingerprint density at radius 2 is 2.06 bits per heavy atom. The molecule has 94 valence electrons. The molecule has 18 heavy (non-hydrogen) atoms. The minimum atomic E-state index is -3.86. The normalized spacial score (nSPS) is 25.7. The lowest BCUT2D eigenvalue weighted by molar-refractivity contribution is -0.125. The Hall–Kier alpha value is -1.73. The van der Waals surface area contributed by atoms with Crippen LogP contribution in [-0.4, -0.2) is 41.7 Å². The topological polar surface area (TPSA) is 87.0 Å². The summed E-state index contributed by atoms with van der Waals surface area (Å²) in [5.74, 6) is -0.585. The fourth-order valence-electron chi connectivity index (χ4n) is 2.16. The summed E-state index contributed by atoms with van der Waals surface area (Å²) in [5.41, 5.74) is 0.411. The lowest BCUT2D eigenvalue weighted by Gasteiger charge is -2.13. The van der Waals surface area contributed by atoms with Gasteiger partial charge in [-0.2, -0.15) is 4.31 Å². The Morgan fingerprint density at radius 1 is 1.39 bits per heavy atom. The summed E-state index contributed by atoms with van der Waals surface area (Å²) in [7, 11) is -3.86. The number of sulfonamides is 1. The Labute approximate surface area is 104 Å². The van der Waals surface area contributed by atoms with Crippen LogP contribution in [0, 0.1) is 0 Å². The van der Waals surface area contributed by atoms with Crippen molar-refractivity contribution in [3.8, 4) is 0 Å². The Balaban J connectivity index is 2.26. The number of amides is 1. The second kappa shape index (κ2) is 3.39. The molecule has 0 unspecified atom stereocenters. The fourth-order valence-corrected chi connectivity index (χ4v) is 3.77. The van der Waals surface area contributed by atoms with E-state index in [1.54, 1.807) is 18.2 Å². The highest BCUT2D eigenvalue weighted by molar-refractivity contribution is 7.91. The van der Waals surface area contributed by atoms with Crippen LogP contribution >= 0.6 is 0 Å². The highest BCUT2D eigenvalue weighted by atomic mass is 32.2. The predicted molar refractivity (Wildman–Crippen MR) is 62.5 cm³/mol. The second-order valence-electron chi connectivity index (χ2n) is 4.24. The number of hydrogen-bond donors (Lipinski definition) is 1. The molecule has 1 aromatic rings. The number of aliphatic imine (C=N–C) groups is 1. The van der Waals surface area contributed by atoms with E-state index in [1.165, 1.54) is 13.0 Å². The smallest absolute Gasteiger partial charge is 0.272 e. The number of aliphatic hydroxyl groups is 1. The SMILES string of the molecule is C[C@H](O)[C@@H]1N=C2c3ccccc3S(=O)(=O)N2C1=O. The van der Waals surface area contributed by atoms with Gasteiger partial charge in [0.2, 0.25) is 0 Å². The van der Waals surface area contributed by atoms with Crippen molar-refractivity contribution in [1.29, 1.82) is 0 Å². The third kappa shape index (κ3) is 1.23. The van der Waals surface area contributed by atoms with Gasteiger partial charge >= 0.3 is 0 Å². The first-order chi connectivity index (χ1) is 8.44. The molecule has 0 saturated heterocycles.